The van der Waals surface area contributed by atoms with Crippen LogP contribution in [0.25, 0.3) is 16.7 Å². The van der Waals surface area contributed by atoms with E-state index in [1.807, 2.05) is 41.9 Å². The number of aromatic nitrogens is 4. The standard InChI is InChI=1S/C28H30F3N7O/c1-3-9-23-33-25(24-19(2)35-38(26(24)34-23)22-12-5-4-6-13-22)36-14-8-15-37(17-16-36)27(39)32-21-11-7-10-20(18-21)28(29,30)31/h4-7,10-13,18H,3,8-9,14-17H2,1-2H3,(H,32,39). The summed E-state index contributed by atoms with van der Waals surface area (Å²) < 4.78 is 41.1. The van der Waals surface area contributed by atoms with Crippen LogP contribution in [0.1, 0.15) is 36.8 Å². The first-order chi connectivity index (χ1) is 18.7. The number of urea groups is 1. The van der Waals surface area contributed by atoms with Crippen molar-refractivity contribution in [3.8, 4) is 5.69 Å². The Bertz CT molecular complexity index is 1470. The summed E-state index contributed by atoms with van der Waals surface area (Å²) in [7, 11) is 0. The van der Waals surface area contributed by atoms with Gasteiger partial charge in [-0.25, -0.2) is 19.4 Å². The zero-order valence-corrected chi connectivity index (χ0v) is 21.9. The molecule has 0 bridgehead atoms. The van der Waals surface area contributed by atoms with Crippen LogP contribution in [0.5, 0.6) is 0 Å². The predicted octanol–water partition coefficient (Wildman–Crippen LogP) is 5.84. The van der Waals surface area contributed by atoms with E-state index in [2.05, 4.69) is 17.1 Å². The maximum absolute atomic E-state index is 13.1. The number of halogens is 3. The van der Waals surface area contributed by atoms with Crippen LogP contribution in [0.4, 0.5) is 29.5 Å². The molecule has 2 amide bonds. The van der Waals surface area contributed by atoms with E-state index in [1.54, 1.807) is 4.90 Å². The molecule has 4 aromatic rings. The number of alkyl halides is 3. The SMILES string of the molecule is CCCc1nc(N2CCCN(C(=O)Nc3cccc(C(F)(F)F)c3)CC2)c2c(C)nn(-c3ccccc3)c2n1. The Kier molecular flexibility index (Phi) is 7.40. The molecule has 0 atom stereocenters. The minimum Gasteiger partial charge on any atom is -0.354 e. The lowest BCUT2D eigenvalue weighted by molar-refractivity contribution is -0.137. The molecule has 1 N–H and O–H groups in total. The number of hydrogen-bond donors (Lipinski definition) is 1. The van der Waals surface area contributed by atoms with Gasteiger partial charge < -0.3 is 15.1 Å². The summed E-state index contributed by atoms with van der Waals surface area (Å²) >= 11 is 0. The van der Waals surface area contributed by atoms with Crippen molar-refractivity contribution < 1.29 is 18.0 Å². The van der Waals surface area contributed by atoms with Crippen molar-refractivity contribution in [2.24, 2.45) is 0 Å². The molecular formula is C28H30F3N7O. The van der Waals surface area contributed by atoms with Gasteiger partial charge in [0.25, 0.3) is 0 Å². The molecule has 0 saturated carbocycles. The average molecular weight is 538 g/mol. The third-order valence-corrected chi connectivity index (χ3v) is 6.73. The molecule has 0 unspecified atom stereocenters. The first-order valence-corrected chi connectivity index (χ1v) is 13.0. The molecule has 8 nitrogen and oxygen atoms in total. The van der Waals surface area contributed by atoms with E-state index >= 15 is 0 Å². The smallest absolute Gasteiger partial charge is 0.354 e. The first-order valence-electron chi connectivity index (χ1n) is 13.0. The molecule has 0 spiro atoms. The molecule has 2 aromatic heterocycles. The minimum absolute atomic E-state index is 0.113. The van der Waals surface area contributed by atoms with E-state index in [0.29, 0.717) is 32.6 Å². The monoisotopic (exact) mass is 537 g/mol. The van der Waals surface area contributed by atoms with Crippen LogP contribution in [0.2, 0.25) is 0 Å². The number of para-hydroxylation sites is 1. The molecule has 1 fully saturated rings. The summed E-state index contributed by atoms with van der Waals surface area (Å²) in [6.07, 6.45) is -2.18. The van der Waals surface area contributed by atoms with E-state index in [4.69, 9.17) is 15.1 Å². The first kappa shape index (κ1) is 26.5. The highest BCUT2D eigenvalue weighted by Gasteiger charge is 2.31. The van der Waals surface area contributed by atoms with E-state index in [1.165, 1.54) is 12.1 Å². The van der Waals surface area contributed by atoms with E-state index in [9.17, 15) is 18.0 Å². The van der Waals surface area contributed by atoms with Crippen LogP contribution in [0, 0.1) is 6.92 Å². The van der Waals surface area contributed by atoms with Gasteiger partial charge in [0.15, 0.2) is 5.65 Å². The van der Waals surface area contributed by atoms with Crippen LogP contribution < -0.4 is 10.2 Å². The van der Waals surface area contributed by atoms with Gasteiger partial charge in [-0.05, 0) is 50.1 Å². The van der Waals surface area contributed by atoms with Crippen LogP contribution >= 0.6 is 0 Å². The van der Waals surface area contributed by atoms with Gasteiger partial charge in [-0.1, -0.05) is 31.2 Å². The van der Waals surface area contributed by atoms with Crippen LogP contribution in [-0.2, 0) is 12.6 Å². The molecule has 0 aliphatic carbocycles. The molecule has 11 heteroatoms. The Morgan fingerprint density at radius 3 is 2.54 bits per heavy atom. The Labute approximate surface area is 224 Å². The number of rotatable bonds is 5. The lowest BCUT2D eigenvalue weighted by atomic mass is 10.2. The minimum atomic E-state index is -4.48. The van der Waals surface area contributed by atoms with Crippen LogP contribution in [0.15, 0.2) is 54.6 Å². The molecule has 2 aromatic carbocycles. The Hall–Kier alpha value is -4.15. The van der Waals surface area contributed by atoms with Gasteiger partial charge in [0.2, 0.25) is 0 Å². The quantitative estimate of drug-likeness (QED) is 0.346. The Balaban J connectivity index is 1.40. The number of fused-ring (bicyclic) bond motifs is 1. The van der Waals surface area contributed by atoms with Crippen LogP contribution in [0.3, 0.4) is 0 Å². The van der Waals surface area contributed by atoms with Gasteiger partial charge in [-0.3, -0.25) is 0 Å². The third-order valence-electron chi connectivity index (χ3n) is 6.73. The van der Waals surface area contributed by atoms with Crippen molar-refractivity contribution in [2.75, 3.05) is 36.4 Å². The molecule has 0 radical (unpaired) electrons. The molecule has 1 aliphatic rings. The average Bonchev–Trinajstić information content (AvgIpc) is 3.08. The molecule has 1 aliphatic heterocycles. The lowest BCUT2D eigenvalue weighted by Crippen LogP contribution is -2.38. The van der Waals surface area contributed by atoms with E-state index < -0.39 is 17.8 Å². The number of nitrogens with one attached hydrogen (secondary N) is 1. The van der Waals surface area contributed by atoms with Gasteiger partial charge in [0.05, 0.1) is 22.3 Å². The Morgan fingerprint density at radius 2 is 1.79 bits per heavy atom. The number of benzene rings is 2. The second-order valence-electron chi connectivity index (χ2n) is 9.58. The molecule has 3 heterocycles. The number of carbonyl (C=O) groups is 1. The number of hydrogen-bond acceptors (Lipinski definition) is 5. The number of amides is 2. The lowest BCUT2D eigenvalue weighted by Gasteiger charge is -2.24. The van der Waals surface area contributed by atoms with E-state index in [0.717, 1.165) is 59.0 Å². The van der Waals surface area contributed by atoms with Crippen molar-refractivity contribution >= 4 is 28.6 Å². The summed E-state index contributed by atoms with van der Waals surface area (Å²) in [5.74, 6) is 1.53. The third kappa shape index (κ3) is 5.67. The van der Waals surface area contributed by atoms with Crippen molar-refractivity contribution in [3.05, 3.63) is 71.7 Å². The van der Waals surface area contributed by atoms with Crippen molar-refractivity contribution in [2.45, 2.75) is 39.3 Å². The summed E-state index contributed by atoms with van der Waals surface area (Å²) in [5, 5.41) is 8.29. The largest absolute Gasteiger partial charge is 0.416 e. The number of carbonyl (C=O) groups excluding carboxylic acids is 1. The maximum Gasteiger partial charge on any atom is 0.416 e. The zero-order chi connectivity index (χ0) is 27.6. The highest BCUT2D eigenvalue weighted by molar-refractivity contribution is 5.91. The number of nitrogens with zero attached hydrogens (tertiary/aromatic N) is 6. The Morgan fingerprint density at radius 1 is 1.00 bits per heavy atom. The zero-order valence-electron chi connectivity index (χ0n) is 21.9. The predicted molar refractivity (Wildman–Crippen MR) is 144 cm³/mol. The number of anilines is 2. The highest BCUT2D eigenvalue weighted by Crippen LogP contribution is 2.32. The molecule has 204 valence electrons. The molecule has 5 rings (SSSR count). The normalized spacial score (nSPS) is 14.5. The molecular weight excluding hydrogens is 507 g/mol. The van der Waals surface area contributed by atoms with Gasteiger partial charge in [0, 0.05) is 38.3 Å². The molecule has 1 saturated heterocycles. The van der Waals surface area contributed by atoms with Crippen molar-refractivity contribution in [1.82, 2.24) is 24.6 Å². The topological polar surface area (TPSA) is 79.2 Å². The number of aryl methyl sites for hydroxylation is 2. The summed E-state index contributed by atoms with van der Waals surface area (Å²) in [6, 6.07) is 14.1. The van der Waals surface area contributed by atoms with Crippen LogP contribution in [-0.4, -0.2) is 56.9 Å². The second kappa shape index (κ2) is 10.9. The van der Waals surface area contributed by atoms with Gasteiger partial charge >= 0.3 is 12.2 Å². The fourth-order valence-electron chi connectivity index (χ4n) is 4.83. The fraction of sp³-hybridized carbons (Fsp3) is 0.357. The highest BCUT2D eigenvalue weighted by atomic mass is 19.4. The van der Waals surface area contributed by atoms with Crippen molar-refractivity contribution in [1.29, 1.82) is 0 Å². The summed E-state index contributed by atoms with van der Waals surface area (Å²) in [6.45, 7) is 6.08. The van der Waals surface area contributed by atoms with Gasteiger partial charge in [0.1, 0.15) is 11.6 Å². The summed E-state index contributed by atoms with van der Waals surface area (Å²) in [4.78, 5) is 26.5. The van der Waals surface area contributed by atoms with Gasteiger partial charge in [-0.15, -0.1) is 0 Å². The van der Waals surface area contributed by atoms with Gasteiger partial charge in [-0.2, -0.15) is 18.3 Å². The second-order valence-corrected chi connectivity index (χ2v) is 9.58. The fourth-order valence-corrected chi connectivity index (χ4v) is 4.83. The van der Waals surface area contributed by atoms with Crippen molar-refractivity contribution in [3.63, 3.8) is 0 Å². The summed E-state index contributed by atoms with van der Waals surface area (Å²) in [5.41, 5.74) is 1.79. The maximum atomic E-state index is 13.1. The van der Waals surface area contributed by atoms with E-state index in [-0.39, 0.29) is 5.69 Å². The molecule has 39 heavy (non-hydrogen) atoms.